The van der Waals surface area contributed by atoms with Gasteiger partial charge in [0.1, 0.15) is 11.2 Å². The summed E-state index contributed by atoms with van der Waals surface area (Å²) in [5.41, 5.74) is -1.01. The van der Waals surface area contributed by atoms with Crippen LogP contribution in [-0.4, -0.2) is 74.5 Å². The predicted molar refractivity (Wildman–Crippen MR) is 122 cm³/mol. The third-order valence-electron chi connectivity index (χ3n) is 2.98. The Balaban J connectivity index is 0. The molecule has 0 radical (unpaired) electrons. The first kappa shape index (κ1) is 28.7. The van der Waals surface area contributed by atoms with E-state index < -0.39 is 17.3 Å². The largest absolute Gasteiger partial charge is 0.444 e. The number of carbonyl (C=O) groups excluding carboxylic acids is 2. The number of nitrogens with one attached hydrogen (secondary N) is 3. The van der Waals surface area contributed by atoms with Crippen molar-refractivity contribution in [3.63, 3.8) is 0 Å². The van der Waals surface area contributed by atoms with Gasteiger partial charge in [0.05, 0.1) is 0 Å². The van der Waals surface area contributed by atoms with Gasteiger partial charge in [-0.1, -0.05) is 0 Å². The lowest BCUT2D eigenvalue weighted by Gasteiger charge is -2.25. The first-order valence-electron chi connectivity index (χ1n) is 9.19. The molecule has 166 valence electrons. The Morgan fingerprint density at radius 1 is 0.893 bits per heavy atom. The molecule has 0 aliphatic rings. The zero-order valence-electron chi connectivity index (χ0n) is 18.5. The van der Waals surface area contributed by atoms with E-state index in [-0.39, 0.29) is 30.1 Å². The first-order valence-corrected chi connectivity index (χ1v) is 9.19. The van der Waals surface area contributed by atoms with Crippen LogP contribution in [0.25, 0.3) is 0 Å². The molecule has 0 aromatic rings. The fraction of sp³-hybridized carbons (Fsp3) is 0.833. The summed E-state index contributed by atoms with van der Waals surface area (Å²) in [6.07, 6.45) is -0.0618. The lowest BCUT2D eigenvalue weighted by atomic mass is 10.2. The summed E-state index contributed by atoms with van der Waals surface area (Å²) < 4.78 is 10.5. The minimum atomic E-state index is -0.510. The van der Waals surface area contributed by atoms with E-state index in [0.29, 0.717) is 32.1 Å². The molecule has 0 bridgehead atoms. The Labute approximate surface area is 186 Å². The van der Waals surface area contributed by atoms with Crippen LogP contribution in [0, 0.1) is 0 Å². The number of ether oxygens (including phenoxy) is 2. The normalized spacial score (nSPS) is 11.8. The number of carbonyl (C=O) groups is 2. The number of aliphatic imine (C=N–C) groups is 1. The average molecular weight is 515 g/mol. The number of hydrogen-bond donors (Lipinski definition) is 3. The number of rotatable bonds is 7. The molecule has 28 heavy (non-hydrogen) atoms. The highest BCUT2D eigenvalue weighted by molar-refractivity contribution is 14.0. The number of amides is 2. The van der Waals surface area contributed by atoms with Crippen LogP contribution in [0.1, 0.15) is 48.0 Å². The number of halogens is 1. The fourth-order valence-corrected chi connectivity index (χ4v) is 1.79. The van der Waals surface area contributed by atoms with Crippen molar-refractivity contribution in [2.24, 2.45) is 4.99 Å². The van der Waals surface area contributed by atoms with Crippen molar-refractivity contribution in [1.29, 1.82) is 0 Å². The zero-order chi connectivity index (χ0) is 21.1. The van der Waals surface area contributed by atoms with E-state index in [4.69, 9.17) is 9.47 Å². The van der Waals surface area contributed by atoms with E-state index in [1.54, 1.807) is 14.1 Å². The maximum Gasteiger partial charge on any atom is 0.410 e. The third-order valence-corrected chi connectivity index (χ3v) is 2.98. The molecule has 10 heteroatoms. The first-order chi connectivity index (χ1) is 12.3. The van der Waals surface area contributed by atoms with Gasteiger partial charge in [0.25, 0.3) is 0 Å². The van der Waals surface area contributed by atoms with Crippen LogP contribution in [0.15, 0.2) is 4.99 Å². The third kappa shape index (κ3) is 16.7. The molecule has 0 heterocycles. The Kier molecular flexibility index (Phi) is 14.0. The van der Waals surface area contributed by atoms with Gasteiger partial charge in [-0.15, -0.1) is 24.0 Å². The molecule has 0 unspecified atom stereocenters. The molecule has 0 aliphatic carbocycles. The van der Waals surface area contributed by atoms with Gasteiger partial charge >= 0.3 is 12.2 Å². The SMILES string of the molecule is CN=C(NCCCNC(=O)OC(C)(C)C)NCCN(C)C(=O)OC(C)(C)C.I. The zero-order valence-corrected chi connectivity index (χ0v) is 20.8. The Bertz CT molecular complexity index is 501. The smallest absolute Gasteiger partial charge is 0.410 e. The van der Waals surface area contributed by atoms with E-state index in [1.165, 1.54) is 4.90 Å². The second kappa shape index (κ2) is 13.7. The maximum absolute atomic E-state index is 11.9. The van der Waals surface area contributed by atoms with Gasteiger partial charge in [-0.25, -0.2) is 9.59 Å². The van der Waals surface area contributed by atoms with Crippen LogP contribution in [0.5, 0.6) is 0 Å². The summed E-state index contributed by atoms with van der Waals surface area (Å²) in [6, 6.07) is 0. The number of hydrogen-bond acceptors (Lipinski definition) is 5. The number of nitrogens with zero attached hydrogens (tertiary/aromatic N) is 2. The molecule has 2 amide bonds. The lowest BCUT2D eigenvalue weighted by molar-refractivity contribution is 0.0301. The Morgan fingerprint density at radius 3 is 1.89 bits per heavy atom. The molecule has 0 aromatic heterocycles. The van der Waals surface area contributed by atoms with Crippen molar-refractivity contribution in [3.05, 3.63) is 0 Å². The maximum atomic E-state index is 11.9. The molecule has 3 N–H and O–H groups in total. The summed E-state index contributed by atoms with van der Waals surface area (Å²) in [4.78, 5) is 29.0. The molecule has 0 atom stereocenters. The standard InChI is InChI=1S/C18H37N5O4.HI/c1-17(2,3)26-15(24)22-11-9-10-20-14(19-7)21-12-13-23(8)16(25)27-18(4,5)6;/h9-13H2,1-8H3,(H,22,24)(H2,19,20,21);1H. The van der Waals surface area contributed by atoms with Crippen LogP contribution in [-0.2, 0) is 9.47 Å². The lowest BCUT2D eigenvalue weighted by Crippen LogP contribution is -2.43. The molecule has 0 saturated heterocycles. The van der Waals surface area contributed by atoms with Crippen molar-refractivity contribution in [2.75, 3.05) is 40.3 Å². The highest BCUT2D eigenvalue weighted by Gasteiger charge is 2.19. The van der Waals surface area contributed by atoms with E-state index >= 15 is 0 Å². The fourth-order valence-electron chi connectivity index (χ4n) is 1.79. The monoisotopic (exact) mass is 515 g/mol. The number of guanidine groups is 1. The topological polar surface area (TPSA) is 104 Å². The van der Waals surface area contributed by atoms with Gasteiger partial charge in [0.15, 0.2) is 5.96 Å². The predicted octanol–water partition coefficient (Wildman–Crippen LogP) is 2.55. The molecular formula is C18H38IN5O4. The van der Waals surface area contributed by atoms with Crippen molar-refractivity contribution in [1.82, 2.24) is 20.9 Å². The van der Waals surface area contributed by atoms with Crippen LogP contribution in [0.3, 0.4) is 0 Å². The van der Waals surface area contributed by atoms with Crippen molar-refractivity contribution < 1.29 is 19.1 Å². The summed E-state index contributed by atoms with van der Waals surface area (Å²) in [5.74, 6) is 0.629. The van der Waals surface area contributed by atoms with E-state index in [9.17, 15) is 9.59 Å². The Hall–Kier alpha value is -1.46. The molecule has 0 aromatic carbocycles. The van der Waals surface area contributed by atoms with E-state index in [2.05, 4.69) is 20.9 Å². The minimum Gasteiger partial charge on any atom is -0.444 e. The van der Waals surface area contributed by atoms with E-state index in [1.807, 2.05) is 41.5 Å². The van der Waals surface area contributed by atoms with Crippen LogP contribution in [0.4, 0.5) is 9.59 Å². The molecule has 9 nitrogen and oxygen atoms in total. The van der Waals surface area contributed by atoms with Crippen LogP contribution >= 0.6 is 24.0 Å². The van der Waals surface area contributed by atoms with Gasteiger partial charge in [-0.2, -0.15) is 0 Å². The highest BCUT2D eigenvalue weighted by Crippen LogP contribution is 2.08. The van der Waals surface area contributed by atoms with Gasteiger partial charge in [0.2, 0.25) is 0 Å². The van der Waals surface area contributed by atoms with Crippen LogP contribution in [0.2, 0.25) is 0 Å². The minimum absolute atomic E-state index is 0. The Morgan fingerprint density at radius 2 is 1.39 bits per heavy atom. The van der Waals surface area contributed by atoms with Gasteiger partial charge in [-0.05, 0) is 48.0 Å². The van der Waals surface area contributed by atoms with Crippen LogP contribution < -0.4 is 16.0 Å². The highest BCUT2D eigenvalue weighted by atomic mass is 127. The molecule has 0 saturated carbocycles. The summed E-state index contributed by atoms with van der Waals surface area (Å²) in [5, 5.41) is 8.97. The van der Waals surface area contributed by atoms with E-state index in [0.717, 1.165) is 6.42 Å². The molecular weight excluding hydrogens is 477 g/mol. The van der Waals surface area contributed by atoms with Gasteiger partial charge in [-0.3, -0.25) is 4.99 Å². The molecule has 0 spiro atoms. The summed E-state index contributed by atoms with van der Waals surface area (Å²) in [6.45, 7) is 13.1. The summed E-state index contributed by atoms with van der Waals surface area (Å²) >= 11 is 0. The van der Waals surface area contributed by atoms with Gasteiger partial charge in [0, 0.05) is 40.3 Å². The number of likely N-dealkylation sites (N-methyl/N-ethyl adjacent to an activating group) is 1. The molecule has 0 aliphatic heterocycles. The molecule has 0 rings (SSSR count). The average Bonchev–Trinajstić information content (AvgIpc) is 2.49. The second-order valence-corrected chi connectivity index (χ2v) is 8.11. The summed E-state index contributed by atoms with van der Waals surface area (Å²) in [7, 11) is 3.36. The van der Waals surface area contributed by atoms with Gasteiger partial charge < -0.3 is 30.3 Å². The van der Waals surface area contributed by atoms with Crippen molar-refractivity contribution in [3.8, 4) is 0 Å². The van der Waals surface area contributed by atoms with Crippen molar-refractivity contribution in [2.45, 2.75) is 59.2 Å². The second-order valence-electron chi connectivity index (χ2n) is 8.11. The molecule has 0 fully saturated rings. The quantitative estimate of drug-likeness (QED) is 0.209. The van der Waals surface area contributed by atoms with Crippen molar-refractivity contribution >= 4 is 42.1 Å². The number of alkyl carbamates (subject to hydrolysis) is 1.